The third kappa shape index (κ3) is 3.56. The van der Waals surface area contributed by atoms with Gasteiger partial charge in [-0.25, -0.2) is 0 Å². The summed E-state index contributed by atoms with van der Waals surface area (Å²) in [5.74, 6) is 0. The molecule has 1 aromatic carbocycles. The summed E-state index contributed by atoms with van der Waals surface area (Å²) in [4.78, 5) is 2.46. The van der Waals surface area contributed by atoms with Gasteiger partial charge in [0.1, 0.15) is 0 Å². The topological polar surface area (TPSA) is 23.5 Å². The lowest BCUT2D eigenvalue weighted by Gasteiger charge is -2.28. The lowest BCUT2D eigenvalue weighted by atomic mass is 10.1. The quantitative estimate of drug-likeness (QED) is 0.864. The molecule has 18 heavy (non-hydrogen) atoms. The Morgan fingerprint density at radius 1 is 1.11 bits per heavy atom. The molecule has 0 unspecified atom stereocenters. The molecule has 0 saturated heterocycles. The Labute approximate surface area is 111 Å². The smallest absolute Gasteiger partial charge is 0.0558 e. The first kappa shape index (κ1) is 13.6. The Kier molecular flexibility index (Phi) is 4.79. The summed E-state index contributed by atoms with van der Waals surface area (Å²) >= 11 is 0. The van der Waals surface area contributed by atoms with Gasteiger partial charge in [0.15, 0.2) is 0 Å². The van der Waals surface area contributed by atoms with Crippen molar-refractivity contribution < 1.29 is 5.11 Å². The number of benzene rings is 1. The Morgan fingerprint density at radius 3 is 2.28 bits per heavy atom. The number of hydrogen-bond acceptors (Lipinski definition) is 2. The molecule has 0 bridgehead atoms. The van der Waals surface area contributed by atoms with Crippen LogP contribution in [-0.2, 0) is 6.54 Å². The van der Waals surface area contributed by atoms with E-state index >= 15 is 0 Å². The highest BCUT2D eigenvalue weighted by molar-refractivity contribution is 5.28. The first-order valence-corrected chi connectivity index (χ1v) is 7.11. The zero-order valence-corrected chi connectivity index (χ0v) is 11.7. The lowest BCUT2D eigenvalue weighted by molar-refractivity contribution is 0.145. The van der Waals surface area contributed by atoms with Crippen molar-refractivity contribution in [1.29, 1.82) is 0 Å². The van der Waals surface area contributed by atoms with Gasteiger partial charge < -0.3 is 5.11 Å². The maximum atomic E-state index is 9.24. The number of aryl methyl sites for hydroxylation is 2. The van der Waals surface area contributed by atoms with Crippen LogP contribution in [0.5, 0.6) is 0 Å². The zero-order valence-electron chi connectivity index (χ0n) is 11.7. The molecular weight excluding hydrogens is 222 g/mol. The Balaban J connectivity index is 2.07. The second-order valence-corrected chi connectivity index (χ2v) is 5.63. The largest absolute Gasteiger partial charge is 0.395 e. The van der Waals surface area contributed by atoms with E-state index in [1.807, 2.05) is 0 Å². The van der Waals surface area contributed by atoms with E-state index in [0.717, 1.165) is 13.1 Å². The third-order valence-corrected chi connectivity index (χ3v) is 3.90. The van der Waals surface area contributed by atoms with Crippen LogP contribution >= 0.6 is 0 Å². The number of aliphatic hydroxyl groups is 1. The molecule has 100 valence electrons. The molecule has 1 aliphatic rings. The fourth-order valence-corrected chi connectivity index (χ4v) is 3.18. The van der Waals surface area contributed by atoms with Gasteiger partial charge in [0, 0.05) is 19.1 Å². The van der Waals surface area contributed by atoms with E-state index in [4.69, 9.17) is 0 Å². The Morgan fingerprint density at radius 2 is 1.72 bits per heavy atom. The van der Waals surface area contributed by atoms with Crippen LogP contribution in [0, 0.1) is 13.8 Å². The minimum Gasteiger partial charge on any atom is -0.395 e. The van der Waals surface area contributed by atoms with Gasteiger partial charge in [0.2, 0.25) is 0 Å². The monoisotopic (exact) mass is 247 g/mol. The summed E-state index contributed by atoms with van der Waals surface area (Å²) in [7, 11) is 0. The number of nitrogens with zero attached hydrogens (tertiary/aromatic N) is 1. The van der Waals surface area contributed by atoms with Crippen molar-refractivity contribution in [2.24, 2.45) is 0 Å². The molecule has 1 aromatic rings. The van der Waals surface area contributed by atoms with Crippen LogP contribution in [0.2, 0.25) is 0 Å². The minimum atomic E-state index is 0.265. The Bertz CT molecular complexity index is 362. The normalized spacial score (nSPS) is 16.7. The van der Waals surface area contributed by atoms with E-state index < -0.39 is 0 Å². The van der Waals surface area contributed by atoms with E-state index in [0.29, 0.717) is 6.04 Å². The zero-order chi connectivity index (χ0) is 13.0. The van der Waals surface area contributed by atoms with Crippen LogP contribution in [0.1, 0.15) is 42.4 Å². The summed E-state index contributed by atoms with van der Waals surface area (Å²) in [5.41, 5.74) is 4.05. The first-order valence-electron chi connectivity index (χ1n) is 7.11. The fraction of sp³-hybridized carbons (Fsp3) is 0.625. The molecule has 0 amide bonds. The molecule has 0 spiro atoms. The molecule has 1 aliphatic carbocycles. The molecule has 2 rings (SSSR count). The maximum Gasteiger partial charge on any atom is 0.0558 e. The highest BCUT2D eigenvalue weighted by atomic mass is 16.3. The van der Waals surface area contributed by atoms with Gasteiger partial charge in [-0.2, -0.15) is 0 Å². The average Bonchev–Trinajstić information content (AvgIpc) is 2.80. The SMILES string of the molecule is Cc1cc(C)cc(CN(CCO)C2CCCC2)c1. The second-order valence-electron chi connectivity index (χ2n) is 5.63. The molecule has 2 nitrogen and oxygen atoms in total. The van der Waals surface area contributed by atoms with Crippen molar-refractivity contribution in [2.45, 2.75) is 52.1 Å². The van der Waals surface area contributed by atoms with Crippen LogP contribution in [0.4, 0.5) is 0 Å². The summed E-state index contributed by atoms with van der Waals surface area (Å²) in [6, 6.07) is 7.44. The van der Waals surface area contributed by atoms with Crippen molar-refractivity contribution in [1.82, 2.24) is 4.90 Å². The van der Waals surface area contributed by atoms with Gasteiger partial charge in [0.25, 0.3) is 0 Å². The third-order valence-electron chi connectivity index (χ3n) is 3.90. The first-order chi connectivity index (χ1) is 8.69. The molecule has 0 atom stereocenters. The molecule has 0 aliphatic heterocycles. The van der Waals surface area contributed by atoms with E-state index in [1.54, 1.807) is 0 Å². The van der Waals surface area contributed by atoms with Crippen molar-refractivity contribution in [2.75, 3.05) is 13.2 Å². The molecule has 1 N–H and O–H groups in total. The summed E-state index contributed by atoms with van der Waals surface area (Å²) < 4.78 is 0. The van der Waals surface area contributed by atoms with Crippen LogP contribution in [0.25, 0.3) is 0 Å². The van der Waals surface area contributed by atoms with Crippen molar-refractivity contribution in [3.8, 4) is 0 Å². The van der Waals surface area contributed by atoms with Crippen molar-refractivity contribution >= 4 is 0 Å². The predicted octanol–water partition coefficient (Wildman–Crippen LogP) is 3.04. The number of hydrogen-bond donors (Lipinski definition) is 1. The predicted molar refractivity (Wildman–Crippen MR) is 75.7 cm³/mol. The highest BCUT2D eigenvalue weighted by Gasteiger charge is 2.22. The van der Waals surface area contributed by atoms with E-state index in [9.17, 15) is 5.11 Å². The molecule has 1 fully saturated rings. The maximum absolute atomic E-state index is 9.24. The summed E-state index contributed by atoms with van der Waals surface area (Å²) in [6.07, 6.45) is 5.29. The van der Waals surface area contributed by atoms with Crippen LogP contribution < -0.4 is 0 Å². The van der Waals surface area contributed by atoms with Gasteiger partial charge in [-0.3, -0.25) is 4.90 Å². The molecule has 1 saturated carbocycles. The fourth-order valence-electron chi connectivity index (χ4n) is 3.18. The van der Waals surface area contributed by atoms with Gasteiger partial charge >= 0.3 is 0 Å². The molecular formula is C16H25NO. The van der Waals surface area contributed by atoms with E-state index in [2.05, 4.69) is 36.9 Å². The van der Waals surface area contributed by atoms with Gasteiger partial charge in [-0.15, -0.1) is 0 Å². The molecule has 2 heteroatoms. The Hall–Kier alpha value is -0.860. The molecule has 0 aromatic heterocycles. The average molecular weight is 247 g/mol. The highest BCUT2D eigenvalue weighted by Crippen LogP contribution is 2.25. The van der Waals surface area contributed by atoms with Crippen LogP contribution in [0.3, 0.4) is 0 Å². The standard InChI is InChI=1S/C16H25NO/c1-13-9-14(2)11-15(10-13)12-17(7-8-18)16-5-3-4-6-16/h9-11,16,18H,3-8,12H2,1-2H3. The van der Waals surface area contributed by atoms with E-state index in [-0.39, 0.29) is 6.61 Å². The molecule has 0 radical (unpaired) electrons. The molecule has 0 heterocycles. The second kappa shape index (κ2) is 6.35. The van der Waals surface area contributed by atoms with Crippen molar-refractivity contribution in [3.63, 3.8) is 0 Å². The van der Waals surface area contributed by atoms with Gasteiger partial charge in [0.05, 0.1) is 6.61 Å². The van der Waals surface area contributed by atoms with Gasteiger partial charge in [-0.1, -0.05) is 42.2 Å². The summed E-state index contributed by atoms with van der Waals surface area (Å²) in [6.45, 7) is 6.36. The minimum absolute atomic E-state index is 0.265. The number of rotatable bonds is 5. The van der Waals surface area contributed by atoms with E-state index in [1.165, 1.54) is 42.4 Å². The van der Waals surface area contributed by atoms with Crippen LogP contribution in [-0.4, -0.2) is 29.2 Å². The summed E-state index contributed by atoms with van der Waals surface area (Å²) in [5, 5.41) is 9.24. The lowest BCUT2D eigenvalue weighted by Crippen LogP contribution is -2.35. The van der Waals surface area contributed by atoms with Crippen LogP contribution in [0.15, 0.2) is 18.2 Å². The van der Waals surface area contributed by atoms with Crippen molar-refractivity contribution in [3.05, 3.63) is 34.9 Å². The number of aliphatic hydroxyl groups excluding tert-OH is 1. The van der Waals surface area contributed by atoms with Gasteiger partial charge in [-0.05, 0) is 32.3 Å².